The summed E-state index contributed by atoms with van der Waals surface area (Å²) in [5, 5.41) is 3.08. The van der Waals surface area contributed by atoms with E-state index in [0.717, 1.165) is 44.9 Å². The third-order valence-corrected chi connectivity index (χ3v) is 4.69. The van der Waals surface area contributed by atoms with E-state index in [1.54, 1.807) is 11.3 Å². The summed E-state index contributed by atoms with van der Waals surface area (Å²) < 4.78 is 5.92. The third kappa shape index (κ3) is 4.25. The number of ether oxygens (including phenoxy) is 1. The third-order valence-electron chi connectivity index (χ3n) is 3.92. The van der Waals surface area contributed by atoms with Crippen LogP contribution in [0.1, 0.15) is 16.9 Å². The summed E-state index contributed by atoms with van der Waals surface area (Å²) in [6, 6.07) is 4.19. The summed E-state index contributed by atoms with van der Waals surface area (Å²) in [6.07, 6.45) is 6.21. The molecule has 0 bridgehead atoms. The Morgan fingerprint density at radius 3 is 3.27 bits per heavy atom. The first kappa shape index (κ1) is 15.4. The number of anilines is 1. The van der Waals surface area contributed by atoms with Gasteiger partial charge in [-0.1, -0.05) is 0 Å². The Bertz CT molecular complexity index is 575. The number of rotatable bonds is 6. The van der Waals surface area contributed by atoms with Gasteiger partial charge in [-0.3, -0.25) is 9.88 Å². The summed E-state index contributed by atoms with van der Waals surface area (Å²) >= 11 is 1.72. The van der Waals surface area contributed by atoms with Crippen LogP contribution < -0.4 is 5.32 Å². The van der Waals surface area contributed by atoms with Crippen LogP contribution in [0.25, 0.3) is 0 Å². The quantitative estimate of drug-likeness (QED) is 0.886. The Balaban J connectivity index is 1.49. The minimum Gasteiger partial charge on any atom is -0.376 e. The number of hydrogen-bond acceptors (Lipinski definition) is 6. The highest BCUT2D eigenvalue weighted by Crippen LogP contribution is 2.17. The summed E-state index contributed by atoms with van der Waals surface area (Å²) in [5.41, 5.74) is 3.21. The Morgan fingerprint density at radius 2 is 2.45 bits per heavy atom. The zero-order valence-corrected chi connectivity index (χ0v) is 13.7. The molecule has 1 atom stereocenters. The fourth-order valence-corrected chi connectivity index (χ4v) is 3.37. The van der Waals surface area contributed by atoms with Gasteiger partial charge in [-0.15, -0.1) is 11.3 Å². The number of nitrogens with one attached hydrogen (secondary N) is 1. The molecule has 0 saturated carbocycles. The van der Waals surface area contributed by atoms with Gasteiger partial charge in [0.25, 0.3) is 0 Å². The molecule has 1 saturated heterocycles. The van der Waals surface area contributed by atoms with Gasteiger partial charge in [0.1, 0.15) is 5.82 Å². The van der Waals surface area contributed by atoms with Crippen molar-refractivity contribution >= 4 is 17.2 Å². The van der Waals surface area contributed by atoms with Crippen LogP contribution in [-0.4, -0.2) is 47.7 Å². The molecule has 6 heteroatoms. The summed E-state index contributed by atoms with van der Waals surface area (Å²) in [7, 11) is 1.90. The minimum absolute atomic E-state index is 0.313. The SMILES string of the molecule is CNc1cc(CCC2CN(Cc3cncs3)CCO2)ccn1. The topological polar surface area (TPSA) is 50.3 Å². The van der Waals surface area contributed by atoms with E-state index in [1.165, 1.54) is 10.4 Å². The average Bonchev–Trinajstić information content (AvgIpc) is 3.06. The molecule has 1 aliphatic rings. The smallest absolute Gasteiger partial charge is 0.125 e. The summed E-state index contributed by atoms with van der Waals surface area (Å²) in [6.45, 7) is 3.82. The molecule has 1 fully saturated rings. The van der Waals surface area contributed by atoms with E-state index >= 15 is 0 Å². The molecule has 5 nitrogen and oxygen atoms in total. The fraction of sp³-hybridized carbons (Fsp3) is 0.500. The van der Waals surface area contributed by atoms with Crippen LogP contribution in [0.2, 0.25) is 0 Å². The van der Waals surface area contributed by atoms with Crippen molar-refractivity contribution in [2.45, 2.75) is 25.5 Å². The molecule has 118 valence electrons. The van der Waals surface area contributed by atoms with Crippen molar-refractivity contribution in [3.63, 3.8) is 0 Å². The first-order valence-corrected chi connectivity index (χ1v) is 8.55. The molecule has 1 unspecified atom stereocenters. The lowest BCUT2D eigenvalue weighted by Crippen LogP contribution is -2.41. The van der Waals surface area contributed by atoms with E-state index in [4.69, 9.17) is 4.74 Å². The molecule has 0 aromatic carbocycles. The summed E-state index contributed by atoms with van der Waals surface area (Å²) in [5.74, 6) is 0.925. The number of aryl methyl sites for hydroxylation is 1. The molecule has 1 aliphatic heterocycles. The van der Waals surface area contributed by atoms with Gasteiger partial charge in [-0.2, -0.15) is 0 Å². The Morgan fingerprint density at radius 1 is 1.50 bits per heavy atom. The zero-order chi connectivity index (χ0) is 15.2. The van der Waals surface area contributed by atoms with Crippen molar-refractivity contribution in [3.05, 3.63) is 40.5 Å². The van der Waals surface area contributed by atoms with E-state index in [-0.39, 0.29) is 0 Å². The molecule has 2 aromatic rings. The second-order valence-corrected chi connectivity index (χ2v) is 6.50. The fourth-order valence-electron chi connectivity index (χ4n) is 2.73. The highest BCUT2D eigenvalue weighted by Gasteiger charge is 2.20. The number of pyridine rings is 1. The normalized spacial score (nSPS) is 19.2. The van der Waals surface area contributed by atoms with Gasteiger partial charge in [0.05, 0.1) is 18.2 Å². The monoisotopic (exact) mass is 318 g/mol. The van der Waals surface area contributed by atoms with Crippen LogP contribution in [0.5, 0.6) is 0 Å². The lowest BCUT2D eigenvalue weighted by atomic mass is 10.1. The Labute approximate surface area is 135 Å². The lowest BCUT2D eigenvalue weighted by molar-refractivity contribution is -0.0342. The van der Waals surface area contributed by atoms with Gasteiger partial charge >= 0.3 is 0 Å². The molecule has 3 heterocycles. The highest BCUT2D eigenvalue weighted by atomic mass is 32.1. The zero-order valence-electron chi connectivity index (χ0n) is 12.9. The van der Waals surface area contributed by atoms with Crippen molar-refractivity contribution in [3.8, 4) is 0 Å². The number of hydrogen-bond donors (Lipinski definition) is 1. The number of morpholine rings is 1. The molecule has 1 N–H and O–H groups in total. The van der Waals surface area contributed by atoms with E-state index in [9.17, 15) is 0 Å². The Hall–Kier alpha value is -1.50. The van der Waals surface area contributed by atoms with Crippen molar-refractivity contribution < 1.29 is 4.74 Å². The van der Waals surface area contributed by atoms with Crippen LogP contribution in [0.4, 0.5) is 5.82 Å². The maximum atomic E-state index is 5.92. The van der Waals surface area contributed by atoms with E-state index in [1.807, 2.05) is 25.0 Å². The van der Waals surface area contributed by atoms with Gasteiger partial charge in [-0.25, -0.2) is 4.98 Å². The Kier molecular flexibility index (Phi) is 5.37. The van der Waals surface area contributed by atoms with Crippen LogP contribution >= 0.6 is 11.3 Å². The van der Waals surface area contributed by atoms with Crippen LogP contribution in [0, 0.1) is 0 Å². The second kappa shape index (κ2) is 7.67. The van der Waals surface area contributed by atoms with E-state index in [2.05, 4.69) is 32.3 Å². The molecular formula is C16H22N4OS. The van der Waals surface area contributed by atoms with Gasteiger partial charge < -0.3 is 10.1 Å². The first-order valence-electron chi connectivity index (χ1n) is 7.67. The maximum absolute atomic E-state index is 5.92. The minimum atomic E-state index is 0.313. The lowest BCUT2D eigenvalue weighted by Gasteiger charge is -2.32. The average molecular weight is 318 g/mol. The maximum Gasteiger partial charge on any atom is 0.125 e. The second-order valence-electron chi connectivity index (χ2n) is 5.53. The molecular weight excluding hydrogens is 296 g/mol. The summed E-state index contributed by atoms with van der Waals surface area (Å²) in [4.78, 5) is 12.2. The van der Waals surface area contributed by atoms with Gasteiger partial charge in [0, 0.05) is 44.0 Å². The number of aromatic nitrogens is 2. The molecule has 0 amide bonds. The molecule has 0 radical (unpaired) electrons. The van der Waals surface area contributed by atoms with Crippen LogP contribution in [0.15, 0.2) is 30.0 Å². The predicted octanol–water partition coefficient (Wildman–Crippen LogP) is 2.41. The standard InChI is InChI=1S/C16H22N4OS/c1-17-16-8-13(4-5-19-16)2-3-14-10-20(6-7-21-14)11-15-9-18-12-22-15/h4-5,8-9,12,14H,2-3,6-7,10-11H2,1H3,(H,17,19). The van der Waals surface area contributed by atoms with E-state index in [0.29, 0.717) is 6.10 Å². The molecule has 0 spiro atoms. The van der Waals surface area contributed by atoms with Crippen molar-refractivity contribution in [1.82, 2.24) is 14.9 Å². The molecule has 22 heavy (non-hydrogen) atoms. The highest BCUT2D eigenvalue weighted by molar-refractivity contribution is 7.09. The van der Waals surface area contributed by atoms with Crippen molar-refractivity contribution in [2.24, 2.45) is 0 Å². The largest absolute Gasteiger partial charge is 0.376 e. The first-order chi connectivity index (χ1) is 10.8. The van der Waals surface area contributed by atoms with Crippen molar-refractivity contribution in [2.75, 3.05) is 32.1 Å². The van der Waals surface area contributed by atoms with Crippen molar-refractivity contribution in [1.29, 1.82) is 0 Å². The molecule has 3 rings (SSSR count). The van der Waals surface area contributed by atoms with Crippen LogP contribution in [-0.2, 0) is 17.7 Å². The van der Waals surface area contributed by atoms with Gasteiger partial charge in [-0.05, 0) is 30.5 Å². The predicted molar refractivity (Wildman–Crippen MR) is 89.2 cm³/mol. The van der Waals surface area contributed by atoms with Gasteiger partial charge in [0.2, 0.25) is 0 Å². The van der Waals surface area contributed by atoms with Crippen LogP contribution in [0.3, 0.4) is 0 Å². The molecule has 2 aromatic heterocycles. The molecule has 0 aliphatic carbocycles. The number of nitrogens with zero attached hydrogens (tertiary/aromatic N) is 3. The van der Waals surface area contributed by atoms with E-state index < -0.39 is 0 Å². The van der Waals surface area contributed by atoms with Gasteiger partial charge in [0.15, 0.2) is 0 Å². The number of thiazole rings is 1.